The van der Waals surface area contributed by atoms with E-state index in [0.29, 0.717) is 22.0 Å². The molecule has 1 aliphatic rings. The second kappa shape index (κ2) is 11.7. The molecule has 0 aliphatic heterocycles. The number of nitrogen functional groups attached to an aromatic ring is 1. The van der Waals surface area contributed by atoms with E-state index in [9.17, 15) is 9.59 Å². The van der Waals surface area contributed by atoms with Gasteiger partial charge >= 0.3 is 6.09 Å². The molecule has 1 heterocycles. The SMILES string of the molecule is CC(C)(C)OC(=O)N=CC1CCC(NC(=O)c2ccc(C#Cc3c(N)ncc4ccc(Cl)cc34)cc2)CC1. The number of pyridine rings is 1. The van der Waals surface area contributed by atoms with Crippen molar-refractivity contribution < 1.29 is 14.3 Å². The fraction of sp³-hybridized carbons (Fsp3) is 0.333. The van der Waals surface area contributed by atoms with Crippen LogP contribution in [-0.2, 0) is 4.74 Å². The lowest BCUT2D eigenvalue weighted by Gasteiger charge is -2.27. The topological polar surface area (TPSA) is 107 Å². The number of benzene rings is 2. The Morgan fingerprint density at radius 3 is 2.50 bits per heavy atom. The number of ether oxygens (including phenoxy) is 1. The van der Waals surface area contributed by atoms with Gasteiger partial charge in [-0.15, -0.1) is 0 Å². The number of hydrogen-bond acceptors (Lipinski definition) is 5. The van der Waals surface area contributed by atoms with Gasteiger partial charge in [0.1, 0.15) is 11.4 Å². The highest BCUT2D eigenvalue weighted by Crippen LogP contribution is 2.25. The van der Waals surface area contributed by atoms with Crippen LogP contribution in [0, 0.1) is 17.8 Å². The first-order valence-corrected chi connectivity index (χ1v) is 13.0. The van der Waals surface area contributed by atoms with E-state index in [2.05, 4.69) is 27.1 Å². The number of anilines is 1. The zero-order chi connectivity index (χ0) is 27.3. The number of nitrogens with two attached hydrogens (primary N) is 1. The Morgan fingerprint density at radius 1 is 1.11 bits per heavy atom. The van der Waals surface area contributed by atoms with Crippen molar-refractivity contribution in [3.05, 3.63) is 70.4 Å². The van der Waals surface area contributed by atoms with Crippen LogP contribution in [0.5, 0.6) is 0 Å². The lowest BCUT2D eigenvalue weighted by Crippen LogP contribution is -2.37. The average Bonchev–Trinajstić information content (AvgIpc) is 2.87. The van der Waals surface area contributed by atoms with Gasteiger partial charge in [0.05, 0.1) is 5.56 Å². The van der Waals surface area contributed by atoms with Crippen LogP contribution in [0.1, 0.15) is 67.9 Å². The van der Waals surface area contributed by atoms with Crippen LogP contribution in [0.4, 0.5) is 10.6 Å². The summed E-state index contributed by atoms with van der Waals surface area (Å²) in [5, 5.41) is 5.47. The van der Waals surface area contributed by atoms with Gasteiger partial charge in [0, 0.05) is 45.4 Å². The molecule has 2 aromatic carbocycles. The average molecular weight is 531 g/mol. The second-order valence-corrected chi connectivity index (χ2v) is 10.9. The molecule has 1 saturated carbocycles. The predicted molar refractivity (Wildman–Crippen MR) is 152 cm³/mol. The lowest BCUT2D eigenvalue weighted by atomic mass is 9.86. The van der Waals surface area contributed by atoms with Gasteiger partial charge in [-0.05, 0) is 88.8 Å². The molecular formula is C30H31ClN4O3. The molecule has 0 saturated heterocycles. The summed E-state index contributed by atoms with van der Waals surface area (Å²) in [6.07, 6.45) is 6.16. The van der Waals surface area contributed by atoms with Crippen molar-refractivity contribution in [3.8, 4) is 11.8 Å². The minimum atomic E-state index is -0.567. The molecule has 1 aliphatic carbocycles. The van der Waals surface area contributed by atoms with Crippen LogP contribution in [0.25, 0.3) is 10.8 Å². The van der Waals surface area contributed by atoms with Gasteiger partial charge in [0.15, 0.2) is 0 Å². The number of nitrogens with one attached hydrogen (secondary N) is 1. The number of aromatic nitrogens is 1. The molecule has 0 unspecified atom stereocenters. The van der Waals surface area contributed by atoms with Gasteiger partial charge in [0.25, 0.3) is 5.91 Å². The number of hydrogen-bond donors (Lipinski definition) is 2. The van der Waals surface area contributed by atoms with Crippen LogP contribution in [-0.4, -0.2) is 34.8 Å². The molecule has 7 nitrogen and oxygen atoms in total. The molecule has 0 bridgehead atoms. The molecule has 0 spiro atoms. The number of nitrogens with zero attached hydrogens (tertiary/aromatic N) is 2. The summed E-state index contributed by atoms with van der Waals surface area (Å²) in [7, 11) is 0. The molecule has 2 amide bonds. The molecule has 4 rings (SSSR count). The summed E-state index contributed by atoms with van der Waals surface area (Å²) in [5.74, 6) is 6.65. The van der Waals surface area contributed by atoms with Gasteiger partial charge < -0.3 is 15.8 Å². The minimum Gasteiger partial charge on any atom is -0.442 e. The summed E-state index contributed by atoms with van der Waals surface area (Å²) in [6.45, 7) is 5.44. The van der Waals surface area contributed by atoms with E-state index in [0.717, 1.165) is 42.0 Å². The first-order chi connectivity index (χ1) is 18.1. The molecule has 38 heavy (non-hydrogen) atoms. The number of carbonyl (C=O) groups excluding carboxylic acids is 2. The summed E-state index contributed by atoms with van der Waals surface area (Å²) in [5.41, 5.74) is 7.47. The molecule has 3 N–H and O–H groups in total. The first kappa shape index (κ1) is 27.2. The number of carbonyl (C=O) groups is 2. The normalized spacial score (nSPS) is 17.6. The standard InChI is InChI=1S/C30H31ClN4O3/c1-30(2,3)38-29(37)34-17-20-6-13-24(14-7-20)35-28(36)21-9-4-19(5-10-21)8-15-25-26-16-23(31)12-11-22(26)18-33-27(25)32/h4-5,9-12,16-18,20,24H,6-7,13-14H2,1-3H3,(H2,32,33)(H,35,36). The van der Waals surface area contributed by atoms with Crippen LogP contribution in [0.15, 0.2) is 53.7 Å². The van der Waals surface area contributed by atoms with Crippen molar-refractivity contribution in [1.82, 2.24) is 10.3 Å². The minimum absolute atomic E-state index is 0.0850. The Kier molecular flexibility index (Phi) is 8.33. The predicted octanol–water partition coefficient (Wildman–Crippen LogP) is 6.16. The fourth-order valence-electron chi connectivity index (χ4n) is 4.31. The van der Waals surface area contributed by atoms with Gasteiger partial charge in [-0.1, -0.05) is 29.5 Å². The van der Waals surface area contributed by atoms with E-state index in [1.807, 2.05) is 45.0 Å². The maximum Gasteiger partial charge on any atom is 0.433 e. The van der Waals surface area contributed by atoms with Crippen molar-refractivity contribution >= 4 is 46.4 Å². The number of fused-ring (bicyclic) bond motifs is 1. The van der Waals surface area contributed by atoms with Gasteiger partial charge in [-0.25, -0.2) is 9.78 Å². The van der Waals surface area contributed by atoms with Gasteiger partial charge in [0.2, 0.25) is 0 Å². The third kappa shape index (κ3) is 7.33. The third-order valence-electron chi connectivity index (χ3n) is 6.25. The highest BCUT2D eigenvalue weighted by molar-refractivity contribution is 6.31. The lowest BCUT2D eigenvalue weighted by molar-refractivity contribution is 0.0604. The summed E-state index contributed by atoms with van der Waals surface area (Å²) < 4.78 is 5.21. The highest BCUT2D eigenvalue weighted by atomic mass is 35.5. The molecular weight excluding hydrogens is 500 g/mol. The monoisotopic (exact) mass is 530 g/mol. The fourth-order valence-corrected chi connectivity index (χ4v) is 4.48. The Labute approximate surface area is 227 Å². The van der Waals surface area contributed by atoms with E-state index in [1.165, 1.54) is 0 Å². The van der Waals surface area contributed by atoms with E-state index in [-0.39, 0.29) is 17.9 Å². The quantitative estimate of drug-likeness (QED) is 0.311. The summed E-state index contributed by atoms with van der Waals surface area (Å²) in [6, 6.07) is 12.7. The van der Waals surface area contributed by atoms with Crippen molar-refractivity contribution in [2.75, 3.05) is 5.73 Å². The molecule has 1 fully saturated rings. The molecule has 1 aromatic heterocycles. The molecule has 0 radical (unpaired) electrons. The van der Waals surface area contributed by atoms with Crippen molar-refractivity contribution in [2.24, 2.45) is 10.9 Å². The van der Waals surface area contributed by atoms with E-state index >= 15 is 0 Å². The molecule has 0 atom stereocenters. The Hall–Kier alpha value is -3.89. The van der Waals surface area contributed by atoms with Crippen LogP contribution in [0.2, 0.25) is 5.02 Å². The van der Waals surface area contributed by atoms with Gasteiger partial charge in [-0.2, -0.15) is 4.99 Å². The smallest absolute Gasteiger partial charge is 0.433 e. The maximum atomic E-state index is 12.8. The number of amides is 2. The van der Waals surface area contributed by atoms with Gasteiger partial charge in [-0.3, -0.25) is 4.79 Å². The number of halogens is 1. The Balaban J connectivity index is 1.33. The van der Waals surface area contributed by atoms with Crippen molar-refractivity contribution in [2.45, 2.75) is 58.1 Å². The number of aliphatic imine (C=N–C) groups is 1. The van der Waals surface area contributed by atoms with Crippen LogP contribution < -0.4 is 11.1 Å². The Morgan fingerprint density at radius 2 is 1.82 bits per heavy atom. The molecule has 8 heteroatoms. The van der Waals surface area contributed by atoms with E-state index < -0.39 is 11.7 Å². The van der Waals surface area contributed by atoms with Crippen LogP contribution >= 0.6 is 11.6 Å². The highest BCUT2D eigenvalue weighted by Gasteiger charge is 2.22. The van der Waals surface area contributed by atoms with Crippen LogP contribution in [0.3, 0.4) is 0 Å². The molecule has 3 aromatic rings. The number of rotatable bonds is 3. The largest absolute Gasteiger partial charge is 0.442 e. The maximum absolute atomic E-state index is 12.8. The summed E-state index contributed by atoms with van der Waals surface area (Å²) in [4.78, 5) is 32.7. The van der Waals surface area contributed by atoms with Crippen molar-refractivity contribution in [3.63, 3.8) is 0 Å². The second-order valence-electron chi connectivity index (χ2n) is 10.4. The first-order valence-electron chi connectivity index (χ1n) is 12.6. The summed E-state index contributed by atoms with van der Waals surface area (Å²) >= 11 is 6.16. The zero-order valence-electron chi connectivity index (χ0n) is 21.8. The Bertz CT molecular complexity index is 1420. The van der Waals surface area contributed by atoms with E-state index in [4.69, 9.17) is 22.1 Å². The zero-order valence-corrected chi connectivity index (χ0v) is 22.5. The molecule has 196 valence electrons. The third-order valence-corrected chi connectivity index (χ3v) is 6.49. The van der Waals surface area contributed by atoms with E-state index in [1.54, 1.807) is 30.6 Å². The van der Waals surface area contributed by atoms with Crippen molar-refractivity contribution in [1.29, 1.82) is 0 Å².